The molecule has 0 radical (unpaired) electrons. The van der Waals surface area contributed by atoms with E-state index in [4.69, 9.17) is 16.0 Å². The smallest absolute Gasteiger partial charge is 0.193 e. The largest absolute Gasteiger partial charge is 0.447 e. The molecule has 0 fully saturated rings. The van der Waals surface area contributed by atoms with Crippen LogP contribution in [0.2, 0.25) is 5.22 Å². The third-order valence-corrected chi connectivity index (χ3v) is 3.01. The fourth-order valence-electron chi connectivity index (χ4n) is 1.38. The van der Waals surface area contributed by atoms with Gasteiger partial charge in [0.15, 0.2) is 5.22 Å². The molecule has 1 atom stereocenters. The Morgan fingerprint density at radius 1 is 1.24 bits per heavy atom. The zero-order valence-corrected chi connectivity index (χ0v) is 10.6. The summed E-state index contributed by atoms with van der Waals surface area (Å²) < 4.78 is 31.7. The lowest BCUT2D eigenvalue weighted by Gasteiger charge is -2.10. The van der Waals surface area contributed by atoms with Gasteiger partial charge in [0.05, 0.1) is 4.47 Å². The Morgan fingerprint density at radius 2 is 1.94 bits per heavy atom. The number of aliphatic hydroxyl groups excluding tert-OH is 1. The van der Waals surface area contributed by atoms with Gasteiger partial charge in [0, 0.05) is 5.56 Å². The molecule has 0 amide bonds. The van der Waals surface area contributed by atoms with Gasteiger partial charge in [-0.2, -0.15) is 0 Å². The summed E-state index contributed by atoms with van der Waals surface area (Å²) in [5.74, 6) is -1.35. The molecule has 2 rings (SSSR count). The molecular formula is C11H6BrClF2O2. The lowest BCUT2D eigenvalue weighted by Crippen LogP contribution is -2.02. The molecule has 1 heterocycles. The van der Waals surface area contributed by atoms with Crippen molar-refractivity contribution in [1.82, 2.24) is 0 Å². The minimum Gasteiger partial charge on any atom is -0.447 e. The monoisotopic (exact) mass is 322 g/mol. The first kappa shape index (κ1) is 12.5. The van der Waals surface area contributed by atoms with Gasteiger partial charge in [0.2, 0.25) is 0 Å². The molecule has 17 heavy (non-hydrogen) atoms. The van der Waals surface area contributed by atoms with Crippen LogP contribution in [0.3, 0.4) is 0 Å². The van der Waals surface area contributed by atoms with Crippen LogP contribution in [0.25, 0.3) is 0 Å². The Hall–Kier alpha value is -0.910. The molecule has 0 aliphatic heterocycles. The highest BCUT2D eigenvalue weighted by Gasteiger charge is 2.20. The zero-order chi connectivity index (χ0) is 12.6. The molecule has 6 heteroatoms. The Bertz CT molecular complexity index is 556. The van der Waals surface area contributed by atoms with E-state index < -0.39 is 17.7 Å². The third-order valence-electron chi connectivity index (χ3n) is 2.20. The minimum atomic E-state index is -1.40. The topological polar surface area (TPSA) is 33.4 Å². The molecule has 1 unspecified atom stereocenters. The Labute approximate surface area is 109 Å². The van der Waals surface area contributed by atoms with Gasteiger partial charge in [0.25, 0.3) is 0 Å². The molecule has 0 saturated heterocycles. The van der Waals surface area contributed by atoms with Gasteiger partial charge in [-0.1, -0.05) is 0 Å². The highest BCUT2D eigenvalue weighted by molar-refractivity contribution is 9.10. The molecule has 1 aromatic carbocycles. The Balaban J connectivity index is 2.43. The van der Waals surface area contributed by atoms with Crippen molar-refractivity contribution in [2.45, 2.75) is 6.10 Å². The summed E-state index contributed by atoms with van der Waals surface area (Å²) >= 11 is 8.38. The molecule has 0 aliphatic carbocycles. The molecule has 90 valence electrons. The van der Waals surface area contributed by atoms with Gasteiger partial charge in [0.1, 0.15) is 23.5 Å². The van der Waals surface area contributed by atoms with Crippen molar-refractivity contribution in [3.63, 3.8) is 0 Å². The molecule has 0 saturated carbocycles. The van der Waals surface area contributed by atoms with Crippen LogP contribution in [0.1, 0.15) is 17.4 Å². The standard InChI is InChI=1S/C11H6BrClF2O2/c12-6-4-7(14)5(3-8(6)15)11(16)9-1-2-10(13)17-9/h1-4,11,16H. The van der Waals surface area contributed by atoms with Crippen molar-refractivity contribution in [1.29, 1.82) is 0 Å². The van der Waals surface area contributed by atoms with Crippen molar-refractivity contribution in [3.05, 3.63) is 56.9 Å². The number of hydrogen-bond donors (Lipinski definition) is 1. The first-order valence-corrected chi connectivity index (χ1v) is 5.74. The zero-order valence-electron chi connectivity index (χ0n) is 8.25. The summed E-state index contributed by atoms with van der Waals surface area (Å²) in [5, 5.41) is 9.89. The summed E-state index contributed by atoms with van der Waals surface area (Å²) in [7, 11) is 0. The fourth-order valence-corrected chi connectivity index (χ4v) is 1.84. The predicted molar refractivity (Wildman–Crippen MR) is 61.8 cm³/mol. The average Bonchev–Trinajstić information content (AvgIpc) is 2.69. The van der Waals surface area contributed by atoms with Gasteiger partial charge in [-0.15, -0.1) is 0 Å². The number of aliphatic hydroxyl groups is 1. The Kier molecular flexibility index (Phi) is 3.51. The van der Waals surface area contributed by atoms with Gasteiger partial charge in [-0.3, -0.25) is 0 Å². The van der Waals surface area contributed by atoms with Gasteiger partial charge < -0.3 is 9.52 Å². The maximum Gasteiger partial charge on any atom is 0.193 e. The van der Waals surface area contributed by atoms with Gasteiger partial charge in [-0.05, 0) is 51.8 Å². The first-order valence-electron chi connectivity index (χ1n) is 4.57. The van der Waals surface area contributed by atoms with Crippen molar-refractivity contribution in [2.24, 2.45) is 0 Å². The van der Waals surface area contributed by atoms with Crippen molar-refractivity contribution in [2.75, 3.05) is 0 Å². The summed E-state index contributed by atoms with van der Waals surface area (Å²) in [4.78, 5) is 0. The number of rotatable bonds is 2. The second kappa shape index (κ2) is 4.76. The van der Waals surface area contributed by atoms with Crippen LogP contribution >= 0.6 is 27.5 Å². The highest BCUT2D eigenvalue weighted by Crippen LogP contribution is 2.30. The van der Waals surface area contributed by atoms with Crippen LogP contribution in [0.5, 0.6) is 0 Å². The minimum absolute atomic E-state index is 0.0107. The molecule has 1 N–H and O–H groups in total. The number of halogens is 4. The van der Waals surface area contributed by atoms with Crippen molar-refractivity contribution < 1.29 is 18.3 Å². The maximum absolute atomic E-state index is 13.5. The molecule has 0 aliphatic rings. The highest BCUT2D eigenvalue weighted by atomic mass is 79.9. The molecule has 1 aromatic heterocycles. The van der Waals surface area contributed by atoms with Crippen LogP contribution in [-0.2, 0) is 0 Å². The number of benzene rings is 1. The molecule has 2 aromatic rings. The van der Waals surface area contributed by atoms with E-state index in [1.165, 1.54) is 12.1 Å². The summed E-state index contributed by atoms with van der Waals surface area (Å²) in [6, 6.07) is 4.65. The molecule has 0 bridgehead atoms. The van der Waals surface area contributed by atoms with Gasteiger partial charge in [-0.25, -0.2) is 8.78 Å². The van der Waals surface area contributed by atoms with E-state index in [9.17, 15) is 13.9 Å². The second-order valence-electron chi connectivity index (χ2n) is 3.33. The van der Waals surface area contributed by atoms with Crippen LogP contribution in [0.4, 0.5) is 8.78 Å². The SMILES string of the molecule is OC(c1ccc(Cl)o1)c1cc(F)c(Br)cc1F. The van der Waals surface area contributed by atoms with E-state index in [0.717, 1.165) is 12.1 Å². The lowest BCUT2D eigenvalue weighted by atomic mass is 10.1. The van der Waals surface area contributed by atoms with E-state index in [0.29, 0.717) is 0 Å². The quantitative estimate of drug-likeness (QED) is 0.846. The summed E-state index contributed by atoms with van der Waals surface area (Å²) in [6.45, 7) is 0. The van der Waals surface area contributed by atoms with E-state index in [2.05, 4.69) is 15.9 Å². The van der Waals surface area contributed by atoms with E-state index in [1.807, 2.05) is 0 Å². The molecule has 2 nitrogen and oxygen atoms in total. The predicted octanol–water partition coefficient (Wildman–Crippen LogP) is 4.06. The van der Waals surface area contributed by atoms with Crippen LogP contribution in [0, 0.1) is 11.6 Å². The maximum atomic E-state index is 13.5. The average molecular weight is 324 g/mol. The van der Waals surface area contributed by atoms with E-state index in [1.54, 1.807) is 0 Å². The lowest BCUT2D eigenvalue weighted by molar-refractivity contribution is 0.184. The number of hydrogen-bond acceptors (Lipinski definition) is 2. The fraction of sp³-hybridized carbons (Fsp3) is 0.0909. The van der Waals surface area contributed by atoms with Crippen molar-refractivity contribution >= 4 is 27.5 Å². The van der Waals surface area contributed by atoms with Crippen LogP contribution < -0.4 is 0 Å². The second-order valence-corrected chi connectivity index (χ2v) is 4.56. The summed E-state index contributed by atoms with van der Waals surface area (Å²) in [6.07, 6.45) is -1.40. The third kappa shape index (κ3) is 2.51. The van der Waals surface area contributed by atoms with Gasteiger partial charge >= 0.3 is 0 Å². The van der Waals surface area contributed by atoms with E-state index in [-0.39, 0.29) is 21.0 Å². The van der Waals surface area contributed by atoms with E-state index >= 15 is 0 Å². The first-order chi connectivity index (χ1) is 7.99. The normalized spacial score (nSPS) is 12.8. The summed E-state index contributed by atoms with van der Waals surface area (Å²) in [5.41, 5.74) is -0.211. The molecule has 0 spiro atoms. The Morgan fingerprint density at radius 3 is 2.53 bits per heavy atom. The number of furan rings is 1. The van der Waals surface area contributed by atoms with Crippen molar-refractivity contribution in [3.8, 4) is 0 Å². The van der Waals surface area contributed by atoms with Crippen LogP contribution in [0.15, 0.2) is 33.2 Å². The van der Waals surface area contributed by atoms with Crippen LogP contribution in [-0.4, -0.2) is 5.11 Å². The molecular weight excluding hydrogens is 317 g/mol.